The molecule has 0 saturated carbocycles. The van der Waals surface area contributed by atoms with Crippen molar-refractivity contribution in [3.05, 3.63) is 95.6 Å². The molecule has 2 aromatic heterocycles. The minimum Gasteiger partial charge on any atom is -0.351 e. The molecule has 0 spiro atoms. The van der Waals surface area contributed by atoms with E-state index in [0.717, 1.165) is 66.1 Å². The number of halogens is 1. The highest BCUT2D eigenvalue weighted by molar-refractivity contribution is 7.89. The van der Waals surface area contributed by atoms with Crippen molar-refractivity contribution in [2.75, 3.05) is 42.9 Å². The van der Waals surface area contributed by atoms with Gasteiger partial charge in [-0.2, -0.15) is 9.40 Å². The van der Waals surface area contributed by atoms with Crippen molar-refractivity contribution in [1.29, 1.82) is 0 Å². The second-order valence-corrected chi connectivity index (χ2v) is 16.7. The lowest BCUT2D eigenvalue weighted by atomic mass is 9.88. The van der Waals surface area contributed by atoms with Gasteiger partial charge >= 0.3 is 6.03 Å². The number of rotatable bonds is 9. The van der Waals surface area contributed by atoms with Crippen LogP contribution in [-0.4, -0.2) is 88.1 Å². The van der Waals surface area contributed by atoms with Gasteiger partial charge in [0.2, 0.25) is 21.9 Å². The number of nitrogens with zero attached hydrogens (tertiary/aromatic N) is 7. The van der Waals surface area contributed by atoms with Gasteiger partial charge in [0.05, 0.1) is 10.4 Å². The summed E-state index contributed by atoms with van der Waals surface area (Å²) in [4.78, 5) is 36.6. The van der Waals surface area contributed by atoms with Crippen molar-refractivity contribution in [2.45, 2.75) is 62.4 Å². The zero-order valence-electron chi connectivity index (χ0n) is 30.9. The van der Waals surface area contributed by atoms with Crippen LogP contribution in [0.1, 0.15) is 54.7 Å². The van der Waals surface area contributed by atoms with E-state index in [-0.39, 0.29) is 23.3 Å². The normalized spacial score (nSPS) is 18.2. The fourth-order valence-electron chi connectivity index (χ4n) is 7.88. The van der Waals surface area contributed by atoms with Gasteiger partial charge in [-0.05, 0) is 110 Å². The number of aryl methyl sites for hydroxylation is 2. The third-order valence-electron chi connectivity index (χ3n) is 11.0. The lowest BCUT2D eigenvalue weighted by Crippen LogP contribution is -2.49. The first kappa shape index (κ1) is 36.7. The number of likely N-dealkylation sites (tertiary alicyclic amines) is 1. The average Bonchev–Trinajstić information content (AvgIpc) is 3.51. The summed E-state index contributed by atoms with van der Waals surface area (Å²) in [5, 5.41) is 11.2. The highest BCUT2D eigenvalue weighted by Gasteiger charge is 2.31. The second-order valence-electron chi connectivity index (χ2n) is 14.8. The van der Waals surface area contributed by atoms with E-state index in [9.17, 15) is 22.4 Å². The molecule has 2 N–H and O–H groups in total. The molecule has 55 heavy (non-hydrogen) atoms. The summed E-state index contributed by atoms with van der Waals surface area (Å²) in [5.74, 6) is 0.620. The first-order valence-electron chi connectivity index (χ1n) is 18.8. The van der Waals surface area contributed by atoms with E-state index >= 15 is 0 Å². The number of urea groups is 1. The van der Waals surface area contributed by atoms with Crippen LogP contribution >= 0.6 is 0 Å². The number of sulfonamides is 1. The molecule has 3 aliphatic heterocycles. The quantitative estimate of drug-likeness (QED) is 0.197. The Morgan fingerprint density at radius 3 is 2.31 bits per heavy atom. The van der Waals surface area contributed by atoms with E-state index in [1.54, 1.807) is 23.1 Å². The number of benzene rings is 3. The SMILES string of the molecule is Cc1cnc(NC2CCN(S(=O)(=O)c3cc(F)cc(-c4ccc(CN5CCC(c6ccc7c(N8CCC(=O)NC8=O)nn(C)c7c6)CC5)cc4)c3)CC2)nc1. The maximum Gasteiger partial charge on any atom is 0.329 e. The summed E-state index contributed by atoms with van der Waals surface area (Å²) >= 11 is 0. The summed E-state index contributed by atoms with van der Waals surface area (Å²) < 4.78 is 45.5. The number of imide groups is 1. The standard InChI is InChI=1S/C40H44FN9O4S/c1-26-23-42-39(43-24-26)44-33-11-16-49(17-12-33)55(53,54)34-20-31(19-32(41)22-34)28-5-3-27(4-6-28)25-48-14-9-29(10-15-48)30-7-8-35-36(21-30)47(2)46-38(35)50-18-13-37(51)45-40(50)52/h3-8,19-24,29,33H,9-18,25H2,1-2H3,(H,42,43,44)(H,45,51,52). The molecule has 8 rings (SSSR count). The Morgan fingerprint density at radius 2 is 1.60 bits per heavy atom. The summed E-state index contributed by atoms with van der Waals surface area (Å²) in [6.07, 6.45) is 6.91. The topological polar surface area (TPSA) is 146 Å². The summed E-state index contributed by atoms with van der Waals surface area (Å²) in [7, 11) is -2.02. The smallest absolute Gasteiger partial charge is 0.329 e. The van der Waals surface area contributed by atoms with Crippen molar-refractivity contribution < 1.29 is 22.4 Å². The van der Waals surface area contributed by atoms with E-state index in [1.165, 1.54) is 20.8 Å². The predicted molar refractivity (Wildman–Crippen MR) is 207 cm³/mol. The first-order valence-corrected chi connectivity index (χ1v) is 20.2. The maximum absolute atomic E-state index is 14.9. The van der Waals surface area contributed by atoms with Gasteiger partial charge in [0, 0.05) is 63.5 Å². The highest BCUT2D eigenvalue weighted by atomic mass is 32.2. The van der Waals surface area contributed by atoms with E-state index in [2.05, 4.69) is 42.7 Å². The van der Waals surface area contributed by atoms with Crippen LogP contribution < -0.4 is 15.5 Å². The Balaban J connectivity index is 0.870. The van der Waals surface area contributed by atoms with Gasteiger partial charge in [-0.25, -0.2) is 27.6 Å². The van der Waals surface area contributed by atoms with Crippen LogP contribution in [0.2, 0.25) is 0 Å². The fraction of sp³-hybridized carbons (Fsp3) is 0.375. The number of amides is 3. The number of anilines is 2. The molecule has 13 nitrogen and oxygen atoms in total. The average molecular weight is 766 g/mol. The van der Waals surface area contributed by atoms with E-state index in [1.807, 2.05) is 44.3 Å². The second kappa shape index (κ2) is 15.1. The van der Waals surface area contributed by atoms with Gasteiger partial charge < -0.3 is 5.32 Å². The number of piperidine rings is 2. The minimum atomic E-state index is -3.89. The molecule has 0 bridgehead atoms. The Labute approximate surface area is 319 Å². The Kier molecular flexibility index (Phi) is 10.1. The molecule has 3 saturated heterocycles. The molecule has 286 valence electrons. The third-order valence-corrected chi connectivity index (χ3v) is 12.9. The minimum absolute atomic E-state index is 0.0437. The van der Waals surface area contributed by atoms with Crippen LogP contribution in [0.4, 0.5) is 21.0 Å². The molecule has 5 heterocycles. The van der Waals surface area contributed by atoms with E-state index < -0.39 is 21.9 Å². The monoisotopic (exact) mass is 765 g/mol. The number of hydrogen-bond acceptors (Lipinski definition) is 9. The van der Waals surface area contributed by atoms with Crippen LogP contribution in [0.3, 0.4) is 0 Å². The van der Waals surface area contributed by atoms with Gasteiger partial charge in [0.25, 0.3) is 0 Å². The van der Waals surface area contributed by atoms with Crippen LogP contribution in [0, 0.1) is 12.7 Å². The number of fused-ring (bicyclic) bond motifs is 1. The molecule has 0 aliphatic carbocycles. The van der Waals surface area contributed by atoms with Gasteiger partial charge in [-0.3, -0.25) is 24.6 Å². The van der Waals surface area contributed by atoms with E-state index in [4.69, 9.17) is 0 Å². The predicted octanol–water partition coefficient (Wildman–Crippen LogP) is 5.57. The molecule has 0 radical (unpaired) electrons. The Hall–Kier alpha value is -5.25. The third kappa shape index (κ3) is 7.82. The van der Waals surface area contributed by atoms with Crippen LogP contribution in [0.25, 0.3) is 22.0 Å². The molecular weight excluding hydrogens is 722 g/mol. The van der Waals surface area contributed by atoms with Gasteiger partial charge in [-0.1, -0.05) is 30.3 Å². The first-order chi connectivity index (χ1) is 26.5. The number of nitrogens with one attached hydrogen (secondary N) is 2. The number of carbonyl (C=O) groups excluding carboxylic acids is 2. The molecule has 0 unspecified atom stereocenters. The van der Waals surface area contributed by atoms with Crippen molar-refractivity contribution in [3.8, 4) is 11.1 Å². The van der Waals surface area contributed by atoms with Crippen LogP contribution in [0.15, 0.2) is 78.0 Å². The number of hydrogen-bond donors (Lipinski definition) is 2. The largest absolute Gasteiger partial charge is 0.351 e. The molecule has 15 heteroatoms. The summed E-state index contributed by atoms with van der Waals surface area (Å²) in [6, 6.07) is 17.9. The molecule has 5 aromatic rings. The van der Waals surface area contributed by atoms with E-state index in [0.29, 0.717) is 55.7 Å². The zero-order chi connectivity index (χ0) is 38.3. The van der Waals surface area contributed by atoms with Gasteiger partial charge in [-0.15, -0.1) is 0 Å². The van der Waals surface area contributed by atoms with Crippen molar-refractivity contribution in [1.82, 2.24) is 34.3 Å². The molecule has 3 amide bonds. The Morgan fingerprint density at radius 1 is 0.873 bits per heavy atom. The molecule has 3 fully saturated rings. The maximum atomic E-state index is 14.9. The van der Waals surface area contributed by atoms with Gasteiger partial charge in [0.1, 0.15) is 5.82 Å². The summed E-state index contributed by atoms with van der Waals surface area (Å²) in [6.45, 7) is 5.50. The summed E-state index contributed by atoms with van der Waals surface area (Å²) in [5.41, 5.74) is 5.56. The van der Waals surface area contributed by atoms with Crippen LogP contribution in [0.5, 0.6) is 0 Å². The molecule has 3 aliphatic rings. The van der Waals surface area contributed by atoms with Gasteiger partial charge in [0.15, 0.2) is 5.82 Å². The fourth-order valence-corrected chi connectivity index (χ4v) is 9.40. The van der Waals surface area contributed by atoms with Crippen molar-refractivity contribution in [3.63, 3.8) is 0 Å². The van der Waals surface area contributed by atoms with Crippen LogP contribution in [-0.2, 0) is 28.4 Å². The number of aromatic nitrogens is 4. The Bertz CT molecular complexity index is 2340. The van der Waals surface area contributed by atoms with Crippen molar-refractivity contribution >= 4 is 44.6 Å². The molecular formula is C40H44FN9O4S. The number of carbonyl (C=O) groups is 2. The zero-order valence-corrected chi connectivity index (χ0v) is 31.7. The van der Waals surface area contributed by atoms with Crippen molar-refractivity contribution in [2.24, 2.45) is 7.05 Å². The lowest BCUT2D eigenvalue weighted by molar-refractivity contribution is -0.120. The molecule has 3 aromatic carbocycles. The lowest BCUT2D eigenvalue weighted by Gasteiger charge is -2.32. The molecule has 0 atom stereocenters. The highest BCUT2D eigenvalue weighted by Crippen LogP contribution is 2.34.